The van der Waals surface area contributed by atoms with Gasteiger partial charge in [-0.2, -0.15) is 0 Å². The molecule has 0 aliphatic carbocycles. The van der Waals surface area contributed by atoms with E-state index in [1.165, 1.54) is 38.9 Å². The molecule has 0 unspecified atom stereocenters. The first-order valence-corrected chi connectivity index (χ1v) is 12.7. The van der Waals surface area contributed by atoms with Crippen LogP contribution in [0.2, 0.25) is 5.02 Å². The lowest BCUT2D eigenvalue weighted by atomic mass is 9.99. The van der Waals surface area contributed by atoms with E-state index in [2.05, 4.69) is 120 Å². The maximum absolute atomic E-state index is 5.88. The van der Waals surface area contributed by atoms with Gasteiger partial charge in [0.15, 0.2) is 0 Å². The fraction of sp³-hybridized carbons (Fsp3) is 0.273. The van der Waals surface area contributed by atoms with Crippen LogP contribution in [0.5, 0.6) is 0 Å². The fourth-order valence-electron chi connectivity index (χ4n) is 4.00. The minimum Gasteiger partial charge on any atom is -0.0843 e. The normalized spacial score (nSPS) is 10.8. The summed E-state index contributed by atoms with van der Waals surface area (Å²) in [5.74, 6) is 1.43. The molecule has 0 fully saturated rings. The van der Waals surface area contributed by atoms with E-state index in [1.807, 2.05) is 12.1 Å². The summed E-state index contributed by atoms with van der Waals surface area (Å²) < 4.78 is 0. The van der Waals surface area contributed by atoms with E-state index in [4.69, 9.17) is 11.6 Å². The van der Waals surface area contributed by atoms with Crippen molar-refractivity contribution in [2.75, 3.05) is 0 Å². The van der Waals surface area contributed by atoms with Crippen molar-refractivity contribution in [2.24, 2.45) is 11.8 Å². The van der Waals surface area contributed by atoms with Crippen LogP contribution in [0.25, 0.3) is 22.3 Å². The Hall–Kier alpha value is -2.83. The lowest BCUT2D eigenvalue weighted by Crippen LogP contribution is -1.93. The third-order valence-electron chi connectivity index (χ3n) is 5.76. The van der Waals surface area contributed by atoms with Gasteiger partial charge in [-0.05, 0) is 77.1 Å². The second-order valence-corrected chi connectivity index (χ2v) is 10.4. The van der Waals surface area contributed by atoms with Crippen molar-refractivity contribution in [3.63, 3.8) is 0 Å². The Bertz CT molecular complexity index is 1020. The lowest BCUT2D eigenvalue weighted by Gasteiger charge is -2.07. The van der Waals surface area contributed by atoms with E-state index in [0.717, 1.165) is 23.8 Å². The van der Waals surface area contributed by atoms with Crippen LogP contribution in [-0.2, 0) is 12.8 Å². The third kappa shape index (κ3) is 8.19. The molecule has 0 saturated carbocycles. The van der Waals surface area contributed by atoms with E-state index >= 15 is 0 Å². The van der Waals surface area contributed by atoms with Gasteiger partial charge in [-0.15, -0.1) is 0 Å². The summed E-state index contributed by atoms with van der Waals surface area (Å²) in [6, 6.07) is 34.4. The molecule has 0 aliphatic heterocycles. The van der Waals surface area contributed by atoms with Crippen LogP contribution in [0.15, 0.2) is 97.1 Å². The molecule has 0 aromatic heterocycles. The molecule has 0 aliphatic rings. The number of aryl methyl sites for hydroxylation is 1. The Balaban J connectivity index is 0.000000191. The number of benzene rings is 4. The molecule has 4 aromatic rings. The highest BCUT2D eigenvalue weighted by molar-refractivity contribution is 6.30. The zero-order valence-electron chi connectivity index (χ0n) is 21.2. The van der Waals surface area contributed by atoms with Crippen molar-refractivity contribution in [3.8, 4) is 22.3 Å². The Morgan fingerprint density at radius 2 is 0.765 bits per heavy atom. The topological polar surface area (TPSA) is 0 Å². The SMILES string of the molecule is CC(C)Cc1ccc(-c2ccc(Cl)cc2)cc1.Cc1ccc(-c2ccc(CC(C)C)cc2)cc1. The second kappa shape index (κ2) is 12.6. The number of hydrogen-bond donors (Lipinski definition) is 0. The van der Waals surface area contributed by atoms with Crippen molar-refractivity contribution in [1.29, 1.82) is 0 Å². The summed E-state index contributed by atoms with van der Waals surface area (Å²) in [6.07, 6.45) is 2.30. The van der Waals surface area contributed by atoms with Gasteiger partial charge < -0.3 is 0 Å². The van der Waals surface area contributed by atoms with E-state index in [-0.39, 0.29) is 0 Å². The van der Waals surface area contributed by atoms with E-state index < -0.39 is 0 Å². The molecule has 0 N–H and O–H groups in total. The lowest BCUT2D eigenvalue weighted by molar-refractivity contribution is 0.647. The van der Waals surface area contributed by atoms with Gasteiger partial charge in [-0.25, -0.2) is 0 Å². The number of halogens is 1. The summed E-state index contributed by atoms with van der Waals surface area (Å²) in [5, 5.41) is 0.783. The molecule has 0 amide bonds. The van der Waals surface area contributed by atoms with Gasteiger partial charge in [0.25, 0.3) is 0 Å². The van der Waals surface area contributed by atoms with E-state index in [9.17, 15) is 0 Å². The zero-order valence-corrected chi connectivity index (χ0v) is 21.9. The van der Waals surface area contributed by atoms with Crippen molar-refractivity contribution in [3.05, 3.63) is 119 Å². The van der Waals surface area contributed by atoms with Crippen LogP contribution in [0.1, 0.15) is 44.4 Å². The van der Waals surface area contributed by atoms with Gasteiger partial charge in [0.1, 0.15) is 0 Å². The molecular weight excluding hydrogens is 432 g/mol. The first-order chi connectivity index (χ1) is 16.3. The summed E-state index contributed by atoms with van der Waals surface area (Å²) in [4.78, 5) is 0. The number of hydrogen-bond acceptors (Lipinski definition) is 0. The van der Waals surface area contributed by atoms with Gasteiger partial charge >= 0.3 is 0 Å². The first kappa shape index (κ1) is 25.8. The average molecular weight is 469 g/mol. The molecule has 0 atom stereocenters. The smallest absolute Gasteiger partial charge is 0.0406 e. The minimum absolute atomic E-state index is 0.705. The van der Waals surface area contributed by atoms with Crippen molar-refractivity contribution < 1.29 is 0 Å². The highest BCUT2D eigenvalue weighted by Gasteiger charge is 2.01. The zero-order chi connectivity index (χ0) is 24.5. The summed E-state index contributed by atoms with van der Waals surface area (Å²) >= 11 is 5.88. The van der Waals surface area contributed by atoms with E-state index in [1.54, 1.807) is 0 Å². The van der Waals surface area contributed by atoms with Gasteiger partial charge in [0, 0.05) is 5.02 Å². The van der Waals surface area contributed by atoms with Crippen LogP contribution in [0.4, 0.5) is 0 Å². The monoisotopic (exact) mass is 468 g/mol. The predicted molar refractivity (Wildman–Crippen MR) is 151 cm³/mol. The predicted octanol–water partition coefficient (Wildman–Crippen LogP) is 10.1. The molecular formula is C33H37Cl. The maximum Gasteiger partial charge on any atom is 0.0406 e. The quantitative estimate of drug-likeness (QED) is 0.264. The van der Waals surface area contributed by atoms with Crippen molar-refractivity contribution in [2.45, 2.75) is 47.5 Å². The molecule has 0 saturated heterocycles. The average Bonchev–Trinajstić information content (AvgIpc) is 2.81. The highest BCUT2D eigenvalue weighted by Crippen LogP contribution is 2.23. The highest BCUT2D eigenvalue weighted by atomic mass is 35.5. The second-order valence-electron chi connectivity index (χ2n) is 9.96. The number of rotatable bonds is 6. The third-order valence-corrected chi connectivity index (χ3v) is 6.01. The fourth-order valence-corrected chi connectivity index (χ4v) is 4.12. The molecule has 0 spiro atoms. The minimum atomic E-state index is 0.705. The van der Waals surface area contributed by atoms with Crippen LogP contribution in [-0.4, -0.2) is 0 Å². The molecule has 176 valence electrons. The van der Waals surface area contributed by atoms with Crippen molar-refractivity contribution in [1.82, 2.24) is 0 Å². The van der Waals surface area contributed by atoms with Crippen LogP contribution >= 0.6 is 11.6 Å². The molecule has 0 bridgehead atoms. The molecule has 1 heteroatoms. The van der Waals surface area contributed by atoms with Crippen molar-refractivity contribution >= 4 is 11.6 Å². The Morgan fingerprint density at radius 1 is 0.471 bits per heavy atom. The summed E-state index contributed by atoms with van der Waals surface area (Å²) in [6.45, 7) is 11.1. The van der Waals surface area contributed by atoms with Gasteiger partial charge in [-0.3, -0.25) is 0 Å². The van der Waals surface area contributed by atoms with Gasteiger partial charge in [0.2, 0.25) is 0 Å². The van der Waals surface area contributed by atoms with Crippen LogP contribution < -0.4 is 0 Å². The Morgan fingerprint density at radius 3 is 1.09 bits per heavy atom. The standard InChI is InChI=1S/C17H20.C16H17Cl/c1-13(2)12-15-6-10-17(11-7-15)16-8-4-14(3)5-9-16;1-12(2)11-13-3-5-14(6-4-13)15-7-9-16(17)10-8-15/h4-11,13H,12H2,1-3H3;3-10,12H,11H2,1-2H3. The van der Waals surface area contributed by atoms with Gasteiger partial charge in [-0.1, -0.05) is 130 Å². The maximum atomic E-state index is 5.88. The molecule has 4 aromatic carbocycles. The van der Waals surface area contributed by atoms with Crippen LogP contribution in [0.3, 0.4) is 0 Å². The van der Waals surface area contributed by atoms with Crippen LogP contribution in [0, 0.1) is 18.8 Å². The summed E-state index contributed by atoms with van der Waals surface area (Å²) in [5.41, 5.74) is 9.20. The largest absolute Gasteiger partial charge is 0.0843 e. The molecule has 34 heavy (non-hydrogen) atoms. The molecule has 0 radical (unpaired) electrons. The molecule has 0 nitrogen and oxygen atoms in total. The Labute approximate surface area is 211 Å². The first-order valence-electron chi connectivity index (χ1n) is 12.3. The summed E-state index contributed by atoms with van der Waals surface area (Å²) in [7, 11) is 0. The van der Waals surface area contributed by atoms with Gasteiger partial charge in [0.05, 0.1) is 0 Å². The van der Waals surface area contributed by atoms with E-state index in [0.29, 0.717) is 5.92 Å². The molecule has 4 rings (SSSR count). The Kier molecular flexibility index (Phi) is 9.54. The molecule has 0 heterocycles.